The highest BCUT2D eigenvalue weighted by atomic mass is 14.8. The third-order valence-corrected chi connectivity index (χ3v) is 6.05. The Kier molecular flexibility index (Phi) is 4.70. The summed E-state index contributed by atoms with van der Waals surface area (Å²) in [5.74, 6) is 7.36. The normalized spacial score (nSPS) is 22.5. The Hall–Kier alpha value is -3.24. The molecule has 5 rings (SSSR count). The van der Waals surface area contributed by atoms with Crippen molar-refractivity contribution in [2.75, 3.05) is 6.54 Å². The lowest BCUT2D eigenvalue weighted by molar-refractivity contribution is 0.620. The van der Waals surface area contributed by atoms with Crippen molar-refractivity contribution in [1.29, 1.82) is 0 Å². The van der Waals surface area contributed by atoms with Crippen LogP contribution in [0.15, 0.2) is 84.6 Å². The minimum atomic E-state index is 0.0976. The number of fused-ring (bicyclic) bond motifs is 1. The van der Waals surface area contributed by atoms with Gasteiger partial charge >= 0.3 is 0 Å². The second-order valence-corrected chi connectivity index (χ2v) is 8.03. The second-order valence-electron chi connectivity index (χ2n) is 8.03. The summed E-state index contributed by atoms with van der Waals surface area (Å²) in [6, 6.07) is 11.2. The number of hydrogen-bond acceptors (Lipinski definition) is 1. The van der Waals surface area contributed by atoms with Gasteiger partial charge in [-0.3, -0.25) is 0 Å². The summed E-state index contributed by atoms with van der Waals surface area (Å²) < 4.78 is 0. The van der Waals surface area contributed by atoms with E-state index in [-0.39, 0.29) is 5.92 Å². The van der Waals surface area contributed by atoms with Crippen molar-refractivity contribution >= 4 is 16.3 Å². The van der Waals surface area contributed by atoms with Crippen LogP contribution in [0.4, 0.5) is 0 Å². The smallest absolute Gasteiger partial charge is 0.0650 e. The first-order valence-corrected chi connectivity index (χ1v) is 10.5. The molecule has 29 heavy (non-hydrogen) atoms. The molecule has 0 amide bonds. The molecule has 2 aromatic rings. The average Bonchev–Trinajstić information content (AvgIpc) is 3.21. The predicted octanol–water partition coefficient (Wildman–Crippen LogP) is 6.38. The second kappa shape index (κ2) is 7.64. The molecule has 2 aromatic carbocycles. The van der Waals surface area contributed by atoms with Gasteiger partial charge in [0.2, 0.25) is 0 Å². The molecular formula is C28H25N. The summed E-state index contributed by atoms with van der Waals surface area (Å²) >= 11 is 0. The molecule has 0 saturated carbocycles. The summed E-state index contributed by atoms with van der Waals surface area (Å²) in [6.07, 6.45) is 19.7. The van der Waals surface area contributed by atoms with Gasteiger partial charge in [0, 0.05) is 12.5 Å². The third-order valence-electron chi connectivity index (χ3n) is 6.05. The third kappa shape index (κ3) is 3.36. The largest absolute Gasteiger partial charge is 0.391 e. The Labute approximate surface area is 173 Å². The first kappa shape index (κ1) is 17.8. The fourth-order valence-electron chi connectivity index (χ4n) is 4.69. The molecule has 0 radical (unpaired) electrons. The van der Waals surface area contributed by atoms with Crippen LogP contribution in [0.25, 0.3) is 16.3 Å². The highest BCUT2D eigenvalue weighted by Crippen LogP contribution is 2.42. The molecule has 0 fully saturated rings. The fourth-order valence-corrected chi connectivity index (χ4v) is 4.69. The van der Waals surface area contributed by atoms with Gasteiger partial charge in [-0.2, -0.15) is 0 Å². The van der Waals surface area contributed by atoms with Crippen LogP contribution >= 0.6 is 0 Å². The van der Waals surface area contributed by atoms with Gasteiger partial charge in [0.1, 0.15) is 0 Å². The predicted molar refractivity (Wildman–Crippen MR) is 124 cm³/mol. The SMILES string of the molecule is CC1=CC(c2c(C3CC=CNC3)cc3ccccc3c2C2=CCC=C2)C#CC=C1. The zero-order chi connectivity index (χ0) is 19.6. The van der Waals surface area contributed by atoms with E-state index < -0.39 is 0 Å². The Bertz CT molecular complexity index is 1170. The molecule has 0 bridgehead atoms. The lowest BCUT2D eigenvalue weighted by atomic mass is 9.78. The van der Waals surface area contributed by atoms with Crippen LogP contribution in [0.1, 0.15) is 48.3 Å². The maximum absolute atomic E-state index is 3.53. The van der Waals surface area contributed by atoms with Crippen LogP contribution in [0, 0.1) is 11.8 Å². The van der Waals surface area contributed by atoms with Crippen LogP contribution in [-0.4, -0.2) is 6.54 Å². The van der Waals surface area contributed by atoms with E-state index in [4.69, 9.17) is 0 Å². The Morgan fingerprint density at radius 2 is 2.03 bits per heavy atom. The van der Waals surface area contributed by atoms with Crippen molar-refractivity contribution in [3.63, 3.8) is 0 Å². The number of allylic oxidation sites excluding steroid dienone is 9. The molecule has 0 aromatic heterocycles. The molecule has 2 aliphatic carbocycles. The van der Waals surface area contributed by atoms with Gasteiger partial charge in [0.15, 0.2) is 0 Å². The lowest BCUT2D eigenvalue weighted by Gasteiger charge is -2.27. The van der Waals surface area contributed by atoms with E-state index in [0.717, 1.165) is 19.4 Å². The Morgan fingerprint density at radius 3 is 2.86 bits per heavy atom. The molecule has 1 N–H and O–H groups in total. The van der Waals surface area contributed by atoms with Gasteiger partial charge in [0.05, 0.1) is 5.92 Å². The monoisotopic (exact) mass is 375 g/mol. The first-order chi connectivity index (χ1) is 14.3. The molecule has 1 aliphatic heterocycles. The van der Waals surface area contributed by atoms with E-state index in [1.54, 1.807) is 0 Å². The van der Waals surface area contributed by atoms with Gasteiger partial charge in [-0.05, 0) is 65.1 Å². The Balaban J connectivity index is 1.84. The number of rotatable bonds is 3. The van der Waals surface area contributed by atoms with Gasteiger partial charge in [-0.15, -0.1) is 0 Å². The van der Waals surface area contributed by atoms with E-state index in [0.29, 0.717) is 5.92 Å². The van der Waals surface area contributed by atoms with Crippen molar-refractivity contribution in [2.45, 2.75) is 31.6 Å². The molecule has 2 unspecified atom stereocenters. The lowest BCUT2D eigenvalue weighted by Crippen LogP contribution is -2.22. The van der Waals surface area contributed by atoms with Crippen LogP contribution < -0.4 is 5.32 Å². The number of hydrogen-bond donors (Lipinski definition) is 1. The van der Waals surface area contributed by atoms with Crippen molar-refractivity contribution in [1.82, 2.24) is 5.32 Å². The standard InChI is InChI=1S/C28H25N/c1-20-9-2-3-13-23(17-20)28-26(24-14-8-16-29-19-24)18-22-12-6-7-15-25(22)27(28)21-10-4-5-11-21/h2,4,6-12,15-18,23-24,29H,5,14,19H2,1H3. The van der Waals surface area contributed by atoms with E-state index in [1.165, 1.54) is 38.6 Å². The summed E-state index contributed by atoms with van der Waals surface area (Å²) in [7, 11) is 0. The minimum Gasteiger partial charge on any atom is -0.391 e. The van der Waals surface area contributed by atoms with Gasteiger partial charge < -0.3 is 5.32 Å². The number of benzene rings is 2. The van der Waals surface area contributed by atoms with Gasteiger partial charge in [-0.1, -0.05) is 84.2 Å². The summed E-state index contributed by atoms with van der Waals surface area (Å²) in [5.41, 5.74) is 6.78. The topological polar surface area (TPSA) is 12.0 Å². The van der Waals surface area contributed by atoms with Crippen molar-refractivity contribution in [3.8, 4) is 11.8 Å². The minimum absolute atomic E-state index is 0.0976. The van der Waals surface area contributed by atoms with E-state index >= 15 is 0 Å². The molecular weight excluding hydrogens is 350 g/mol. The van der Waals surface area contributed by atoms with E-state index in [2.05, 4.69) is 97.1 Å². The highest BCUT2D eigenvalue weighted by Gasteiger charge is 2.26. The Morgan fingerprint density at radius 1 is 1.10 bits per heavy atom. The molecule has 0 saturated heterocycles. The molecule has 0 spiro atoms. The van der Waals surface area contributed by atoms with Crippen LogP contribution in [0.2, 0.25) is 0 Å². The van der Waals surface area contributed by atoms with Crippen LogP contribution in [-0.2, 0) is 0 Å². The highest BCUT2D eigenvalue weighted by molar-refractivity contribution is 5.99. The molecule has 2 atom stereocenters. The first-order valence-electron chi connectivity index (χ1n) is 10.5. The molecule has 1 heteroatoms. The van der Waals surface area contributed by atoms with E-state index in [1.807, 2.05) is 6.08 Å². The quantitative estimate of drug-likeness (QED) is 0.614. The zero-order valence-corrected chi connectivity index (χ0v) is 16.8. The van der Waals surface area contributed by atoms with Crippen LogP contribution in [0.3, 0.4) is 0 Å². The molecule has 142 valence electrons. The fraction of sp³-hybridized carbons (Fsp3) is 0.214. The number of nitrogens with one attached hydrogen (secondary N) is 1. The molecule has 1 nitrogen and oxygen atoms in total. The maximum Gasteiger partial charge on any atom is 0.0650 e. The van der Waals surface area contributed by atoms with Gasteiger partial charge in [-0.25, -0.2) is 0 Å². The summed E-state index contributed by atoms with van der Waals surface area (Å²) in [4.78, 5) is 0. The van der Waals surface area contributed by atoms with Crippen LogP contribution in [0.5, 0.6) is 0 Å². The van der Waals surface area contributed by atoms with E-state index in [9.17, 15) is 0 Å². The maximum atomic E-state index is 3.53. The van der Waals surface area contributed by atoms with Crippen molar-refractivity contribution < 1.29 is 0 Å². The average molecular weight is 376 g/mol. The zero-order valence-electron chi connectivity index (χ0n) is 16.8. The molecule has 1 heterocycles. The van der Waals surface area contributed by atoms with Crippen molar-refractivity contribution in [3.05, 3.63) is 101 Å². The molecule has 3 aliphatic rings. The van der Waals surface area contributed by atoms with Crippen molar-refractivity contribution in [2.24, 2.45) is 0 Å². The van der Waals surface area contributed by atoms with Gasteiger partial charge in [0.25, 0.3) is 0 Å². The summed E-state index contributed by atoms with van der Waals surface area (Å²) in [5, 5.41) is 6.09. The summed E-state index contributed by atoms with van der Waals surface area (Å²) in [6.45, 7) is 3.13.